The summed E-state index contributed by atoms with van der Waals surface area (Å²) in [6, 6.07) is 9.92. The Morgan fingerprint density at radius 1 is 1.18 bits per heavy atom. The minimum Gasteiger partial charge on any atom is -0.484 e. The van der Waals surface area contributed by atoms with Crippen molar-refractivity contribution in [1.29, 1.82) is 5.26 Å². The number of likely N-dealkylation sites (tertiary alicyclic amines) is 1. The van der Waals surface area contributed by atoms with E-state index in [1.165, 1.54) is 6.07 Å². The van der Waals surface area contributed by atoms with Crippen LogP contribution in [-0.4, -0.2) is 58.9 Å². The van der Waals surface area contributed by atoms with Crippen molar-refractivity contribution in [3.05, 3.63) is 57.6 Å². The van der Waals surface area contributed by atoms with Crippen molar-refractivity contribution in [2.75, 3.05) is 18.1 Å². The fourth-order valence-corrected chi connectivity index (χ4v) is 5.26. The largest absolute Gasteiger partial charge is 0.484 e. The molecule has 0 aliphatic carbocycles. The maximum atomic E-state index is 13.4. The van der Waals surface area contributed by atoms with Gasteiger partial charge in [-0.2, -0.15) is 5.26 Å². The van der Waals surface area contributed by atoms with E-state index in [1.54, 1.807) is 47.1 Å². The zero-order valence-corrected chi connectivity index (χ0v) is 19.0. The second-order valence-electron chi connectivity index (χ2n) is 8.24. The van der Waals surface area contributed by atoms with E-state index < -0.39 is 24.0 Å². The van der Waals surface area contributed by atoms with Gasteiger partial charge in [0, 0.05) is 11.6 Å². The first-order chi connectivity index (χ1) is 15.8. The maximum Gasteiger partial charge on any atom is 0.332 e. The number of nitrogens with zero attached hydrogens (tertiary/aromatic N) is 4. The molecule has 3 aliphatic rings. The predicted molar refractivity (Wildman–Crippen MR) is 120 cm³/mol. The molecule has 3 saturated heterocycles. The van der Waals surface area contributed by atoms with Crippen LogP contribution in [0.4, 0.5) is 10.5 Å². The zero-order valence-electron chi connectivity index (χ0n) is 17.5. The van der Waals surface area contributed by atoms with Gasteiger partial charge < -0.3 is 14.5 Å². The molecule has 33 heavy (non-hydrogen) atoms. The molecule has 2 aromatic rings. The number of halogens is 2. The average molecular weight is 485 g/mol. The first-order valence-corrected chi connectivity index (χ1v) is 11.1. The minimum absolute atomic E-state index is 0.173. The molecular formula is C23H18Cl2N4O4. The molecule has 2 aromatic carbocycles. The second-order valence-corrected chi connectivity index (χ2v) is 9.05. The number of carbonyl (C=O) groups excluding carboxylic acids is 3. The van der Waals surface area contributed by atoms with E-state index in [1.807, 2.05) is 6.07 Å². The smallest absolute Gasteiger partial charge is 0.332 e. The molecule has 3 fully saturated rings. The van der Waals surface area contributed by atoms with E-state index in [-0.39, 0.29) is 29.1 Å². The highest BCUT2D eigenvalue weighted by atomic mass is 35.5. The Balaban J connectivity index is 1.35. The van der Waals surface area contributed by atoms with Gasteiger partial charge in [0.15, 0.2) is 6.61 Å². The highest BCUT2D eigenvalue weighted by Crippen LogP contribution is 2.43. The van der Waals surface area contributed by atoms with Crippen molar-refractivity contribution < 1.29 is 19.1 Å². The topological polar surface area (TPSA) is 94.0 Å². The molecule has 168 valence electrons. The lowest BCUT2D eigenvalue weighted by Crippen LogP contribution is -2.55. The predicted octanol–water partition coefficient (Wildman–Crippen LogP) is 3.37. The molecule has 0 radical (unpaired) electrons. The van der Waals surface area contributed by atoms with Crippen molar-refractivity contribution >= 4 is 46.7 Å². The lowest BCUT2D eigenvalue weighted by molar-refractivity contribution is -0.137. The lowest BCUT2D eigenvalue weighted by Gasteiger charge is -2.34. The summed E-state index contributed by atoms with van der Waals surface area (Å²) < 4.78 is 5.58. The molecule has 2 unspecified atom stereocenters. The Labute approximate surface area is 199 Å². The van der Waals surface area contributed by atoms with Crippen LogP contribution in [0.1, 0.15) is 17.5 Å². The Bertz CT molecular complexity index is 1230. The standard InChI is InChI=1S/C23H18Cl2N4O4/c1-12-17(7-2-13(9-26)20(12)25)29-22(31)21-18-8-15(28(21)23(29)32)10-27(18)19(30)11-33-16-5-3-14(24)4-6-16/h2-7,15,18,21H,8,10-11H2,1H3/t15?,18?,21-/m0/s1. The Hall–Kier alpha value is -3.28. The summed E-state index contributed by atoms with van der Waals surface area (Å²) in [6.07, 6.45) is 0.551. The summed E-state index contributed by atoms with van der Waals surface area (Å²) >= 11 is 12.1. The molecule has 3 aliphatic heterocycles. The third-order valence-electron chi connectivity index (χ3n) is 6.48. The number of nitriles is 1. The van der Waals surface area contributed by atoms with E-state index in [2.05, 4.69) is 0 Å². The summed E-state index contributed by atoms with van der Waals surface area (Å²) in [7, 11) is 0. The Kier molecular flexibility index (Phi) is 5.19. The summed E-state index contributed by atoms with van der Waals surface area (Å²) in [4.78, 5) is 43.8. The number of amides is 4. The van der Waals surface area contributed by atoms with Crippen LogP contribution in [0, 0.1) is 18.3 Å². The number of imide groups is 1. The third-order valence-corrected chi connectivity index (χ3v) is 7.22. The molecule has 0 aromatic heterocycles. The normalized spacial score (nSPS) is 23.2. The van der Waals surface area contributed by atoms with Gasteiger partial charge in [0.25, 0.3) is 11.8 Å². The van der Waals surface area contributed by atoms with Crippen LogP contribution in [-0.2, 0) is 9.59 Å². The molecule has 2 bridgehead atoms. The number of rotatable bonds is 4. The lowest BCUT2D eigenvalue weighted by atomic mass is 10.1. The SMILES string of the molecule is Cc1c(N2C(=O)[C@@H]3C4CC(CN4C(=O)COc4ccc(Cl)cc4)N3C2=O)ccc(C#N)c1Cl. The average Bonchev–Trinajstić information content (AvgIpc) is 3.47. The van der Waals surface area contributed by atoms with Gasteiger partial charge in [-0.15, -0.1) is 0 Å². The van der Waals surface area contributed by atoms with Crippen LogP contribution in [0.5, 0.6) is 5.75 Å². The molecule has 3 atom stereocenters. The quantitative estimate of drug-likeness (QED) is 0.620. The van der Waals surface area contributed by atoms with Gasteiger partial charge in [-0.3, -0.25) is 9.59 Å². The number of urea groups is 1. The van der Waals surface area contributed by atoms with Crippen LogP contribution in [0.25, 0.3) is 0 Å². The van der Waals surface area contributed by atoms with Crippen molar-refractivity contribution in [2.45, 2.75) is 31.5 Å². The summed E-state index contributed by atoms with van der Waals surface area (Å²) in [5.74, 6) is -0.119. The number of anilines is 1. The molecule has 8 nitrogen and oxygen atoms in total. The van der Waals surface area contributed by atoms with Crippen molar-refractivity contribution in [3.8, 4) is 11.8 Å². The molecular weight excluding hydrogens is 467 g/mol. The van der Waals surface area contributed by atoms with Crippen molar-refractivity contribution in [1.82, 2.24) is 9.80 Å². The molecule has 0 N–H and O–H groups in total. The van der Waals surface area contributed by atoms with Gasteiger partial charge in [0.05, 0.1) is 28.4 Å². The van der Waals surface area contributed by atoms with E-state index >= 15 is 0 Å². The number of ether oxygens (including phenoxy) is 1. The van der Waals surface area contributed by atoms with Crippen molar-refractivity contribution in [3.63, 3.8) is 0 Å². The van der Waals surface area contributed by atoms with Crippen LogP contribution in [0.15, 0.2) is 36.4 Å². The van der Waals surface area contributed by atoms with Crippen LogP contribution < -0.4 is 9.64 Å². The van der Waals surface area contributed by atoms with Gasteiger partial charge in [-0.1, -0.05) is 23.2 Å². The highest BCUT2D eigenvalue weighted by molar-refractivity contribution is 6.33. The van der Waals surface area contributed by atoms with Crippen LogP contribution in [0.3, 0.4) is 0 Å². The first kappa shape index (κ1) is 21.6. The van der Waals surface area contributed by atoms with Crippen molar-refractivity contribution in [2.24, 2.45) is 0 Å². The summed E-state index contributed by atoms with van der Waals surface area (Å²) in [6.45, 7) is 1.85. The molecule has 10 heteroatoms. The zero-order chi connectivity index (χ0) is 23.4. The van der Waals surface area contributed by atoms with Gasteiger partial charge in [-0.05, 0) is 55.3 Å². The monoisotopic (exact) mass is 484 g/mol. The van der Waals surface area contributed by atoms with Crippen LogP contribution in [0.2, 0.25) is 10.0 Å². The number of benzene rings is 2. The number of carbonyl (C=O) groups is 3. The fraction of sp³-hybridized carbons (Fsp3) is 0.304. The number of hydrogen-bond donors (Lipinski definition) is 0. The van der Waals surface area contributed by atoms with E-state index in [0.717, 1.165) is 4.90 Å². The molecule has 5 rings (SSSR count). The highest BCUT2D eigenvalue weighted by Gasteiger charge is 2.63. The van der Waals surface area contributed by atoms with Gasteiger partial charge >= 0.3 is 6.03 Å². The fourth-order valence-electron chi connectivity index (χ4n) is 4.93. The van der Waals surface area contributed by atoms with E-state index in [4.69, 9.17) is 27.9 Å². The third kappa shape index (κ3) is 3.31. The Morgan fingerprint density at radius 2 is 1.91 bits per heavy atom. The van der Waals surface area contributed by atoms with Crippen LogP contribution >= 0.6 is 23.2 Å². The van der Waals surface area contributed by atoms with Gasteiger partial charge in [0.2, 0.25) is 0 Å². The first-order valence-electron chi connectivity index (χ1n) is 10.3. The van der Waals surface area contributed by atoms with E-state index in [9.17, 15) is 19.6 Å². The maximum absolute atomic E-state index is 13.4. The number of fused-ring (bicyclic) bond motifs is 5. The summed E-state index contributed by atoms with van der Waals surface area (Å²) in [5, 5.41) is 9.96. The van der Waals surface area contributed by atoms with E-state index in [0.29, 0.717) is 35.0 Å². The second kappa shape index (κ2) is 7.94. The summed E-state index contributed by atoms with van der Waals surface area (Å²) in [5.41, 5.74) is 1.11. The molecule has 3 heterocycles. The minimum atomic E-state index is -0.746. The molecule has 0 saturated carbocycles. The Morgan fingerprint density at radius 3 is 2.61 bits per heavy atom. The molecule has 0 spiro atoms. The number of hydrogen-bond acceptors (Lipinski definition) is 5. The van der Waals surface area contributed by atoms with Gasteiger partial charge in [-0.25, -0.2) is 9.69 Å². The molecule has 4 amide bonds. The van der Waals surface area contributed by atoms with Gasteiger partial charge in [0.1, 0.15) is 17.9 Å². The number of piperazine rings is 1.